The molecule has 0 aliphatic heterocycles. The lowest BCUT2D eigenvalue weighted by Crippen LogP contribution is -2.10. The highest BCUT2D eigenvalue weighted by atomic mass is 19.1. The summed E-state index contributed by atoms with van der Waals surface area (Å²) in [6, 6.07) is 2.04. The van der Waals surface area contributed by atoms with Gasteiger partial charge in [-0.3, -0.25) is 0 Å². The molecule has 0 unspecified atom stereocenters. The van der Waals surface area contributed by atoms with Crippen molar-refractivity contribution < 1.29 is 4.39 Å². The zero-order valence-electron chi connectivity index (χ0n) is 10.9. The third-order valence-corrected chi connectivity index (χ3v) is 4.31. The highest BCUT2D eigenvalue weighted by Gasteiger charge is 2.43. The van der Waals surface area contributed by atoms with Crippen LogP contribution >= 0.6 is 0 Å². The Balaban J connectivity index is 1.86. The summed E-state index contributed by atoms with van der Waals surface area (Å²) in [6.45, 7) is 0. The molecule has 2 heterocycles. The number of hydrogen-bond acceptors (Lipinski definition) is 3. The van der Waals surface area contributed by atoms with E-state index in [1.165, 1.54) is 36.4 Å². The second-order valence-electron chi connectivity index (χ2n) is 5.74. The third-order valence-electron chi connectivity index (χ3n) is 4.31. The lowest BCUT2D eigenvalue weighted by atomic mass is 9.94. The van der Waals surface area contributed by atoms with Gasteiger partial charge in [-0.2, -0.15) is 9.61 Å². The summed E-state index contributed by atoms with van der Waals surface area (Å²) in [4.78, 5) is 4.55. The van der Waals surface area contributed by atoms with E-state index in [-0.39, 0.29) is 5.82 Å². The zero-order chi connectivity index (χ0) is 13.0. The molecule has 2 aliphatic carbocycles. The molecule has 100 valence electrons. The summed E-state index contributed by atoms with van der Waals surface area (Å²) < 4.78 is 15.3. The first-order chi connectivity index (χ1) is 9.28. The van der Waals surface area contributed by atoms with E-state index < -0.39 is 0 Å². The zero-order valence-corrected chi connectivity index (χ0v) is 10.9. The number of hydrogen-bond donors (Lipinski definition) is 1. The lowest BCUT2D eigenvalue weighted by Gasteiger charge is -2.16. The summed E-state index contributed by atoms with van der Waals surface area (Å²) in [7, 11) is 1.83. The van der Waals surface area contributed by atoms with Crippen molar-refractivity contribution in [2.45, 2.75) is 31.6 Å². The van der Waals surface area contributed by atoms with E-state index in [1.807, 2.05) is 13.1 Å². The molecule has 2 saturated carbocycles. The Bertz CT molecular complexity index is 616. The molecule has 2 aromatic heterocycles. The van der Waals surface area contributed by atoms with Crippen LogP contribution in [0.1, 0.15) is 37.3 Å². The number of aromatic nitrogens is 3. The molecule has 2 aromatic rings. The maximum absolute atomic E-state index is 13.8. The van der Waals surface area contributed by atoms with E-state index in [1.54, 1.807) is 0 Å². The van der Waals surface area contributed by atoms with Gasteiger partial charge < -0.3 is 5.32 Å². The fourth-order valence-corrected chi connectivity index (χ4v) is 3.08. The molecule has 0 spiro atoms. The molecule has 19 heavy (non-hydrogen) atoms. The molecule has 5 heteroatoms. The molecule has 0 amide bonds. The van der Waals surface area contributed by atoms with Crippen molar-refractivity contribution in [1.82, 2.24) is 14.6 Å². The Hall–Kier alpha value is -1.65. The molecule has 1 N–H and O–H groups in total. The molecule has 2 fully saturated rings. The fraction of sp³-hybridized carbons (Fsp3) is 0.571. The Morgan fingerprint density at radius 2 is 2.00 bits per heavy atom. The van der Waals surface area contributed by atoms with Gasteiger partial charge in [0.2, 0.25) is 0 Å². The van der Waals surface area contributed by atoms with Crippen molar-refractivity contribution >= 4 is 11.5 Å². The van der Waals surface area contributed by atoms with E-state index in [0.717, 1.165) is 23.3 Å². The second kappa shape index (κ2) is 3.92. The van der Waals surface area contributed by atoms with Crippen molar-refractivity contribution in [3.05, 3.63) is 23.8 Å². The second-order valence-corrected chi connectivity index (χ2v) is 5.74. The van der Waals surface area contributed by atoms with Gasteiger partial charge >= 0.3 is 0 Å². The predicted octanol–water partition coefficient (Wildman–Crippen LogP) is 2.81. The summed E-state index contributed by atoms with van der Waals surface area (Å²) in [5.74, 6) is 2.52. The molecular weight excluding hydrogens is 243 g/mol. The Morgan fingerprint density at radius 1 is 1.32 bits per heavy atom. The number of halogens is 1. The van der Waals surface area contributed by atoms with Crippen LogP contribution in [0.4, 0.5) is 10.2 Å². The molecule has 0 aromatic carbocycles. The topological polar surface area (TPSA) is 42.2 Å². The van der Waals surface area contributed by atoms with Gasteiger partial charge in [0, 0.05) is 19.0 Å². The van der Waals surface area contributed by atoms with Crippen molar-refractivity contribution in [2.24, 2.45) is 11.8 Å². The van der Waals surface area contributed by atoms with Gasteiger partial charge in [0.1, 0.15) is 5.82 Å². The van der Waals surface area contributed by atoms with Gasteiger partial charge in [-0.25, -0.2) is 9.37 Å². The number of nitrogens with zero attached hydrogens (tertiary/aromatic N) is 3. The molecule has 4 rings (SSSR count). The normalized spacial score (nSPS) is 19.3. The minimum absolute atomic E-state index is 0.341. The number of anilines is 1. The summed E-state index contributed by atoms with van der Waals surface area (Å²) in [5, 5.41) is 7.12. The number of rotatable bonds is 4. The van der Waals surface area contributed by atoms with Crippen LogP contribution < -0.4 is 5.32 Å². The summed E-state index contributed by atoms with van der Waals surface area (Å²) >= 11 is 0. The highest BCUT2D eigenvalue weighted by Crippen LogP contribution is 2.54. The van der Waals surface area contributed by atoms with Gasteiger partial charge in [-0.05, 0) is 37.5 Å². The average molecular weight is 260 g/mol. The van der Waals surface area contributed by atoms with Crippen LogP contribution in [-0.4, -0.2) is 21.6 Å². The Kier molecular flexibility index (Phi) is 2.31. The van der Waals surface area contributed by atoms with Gasteiger partial charge in [0.15, 0.2) is 11.5 Å². The van der Waals surface area contributed by atoms with Crippen LogP contribution in [0.25, 0.3) is 5.65 Å². The van der Waals surface area contributed by atoms with Crippen molar-refractivity contribution in [3.8, 4) is 0 Å². The van der Waals surface area contributed by atoms with Crippen LogP contribution in [-0.2, 0) is 0 Å². The number of nitrogens with one attached hydrogen (secondary N) is 1. The molecule has 4 nitrogen and oxygen atoms in total. The highest BCUT2D eigenvalue weighted by molar-refractivity contribution is 5.50. The first kappa shape index (κ1) is 11.2. The first-order valence-corrected chi connectivity index (χ1v) is 7.00. The lowest BCUT2D eigenvalue weighted by molar-refractivity contribution is 0.523. The minimum Gasteiger partial charge on any atom is -0.373 e. The van der Waals surface area contributed by atoms with Gasteiger partial charge in [0.25, 0.3) is 0 Å². The standard InChI is InChI=1S/C14H17FN4/c1-16-12-6-11(13(8-2-3-8)9-4-5-9)18-14-10(15)7-17-19(12)14/h6-9,13,16H,2-5H2,1H3. The van der Waals surface area contributed by atoms with Crippen LogP contribution in [0.3, 0.4) is 0 Å². The third kappa shape index (κ3) is 1.79. The maximum atomic E-state index is 13.8. The first-order valence-electron chi connectivity index (χ1n) is 7.00. The van der Waals surface area contributed by atoms with Crippen molar-refractivity contribution in [1.29, 1.82) is 0 Å². The molecule has 2 aliphatic rings. The van der Waals surface area contributed by atoms with Gasteiger partial charge in [0.05, 0.1) is 11.9 Å². The Morgan fingerprint density at radius 3 is 2.58 bits per heavy atom. The predicted molar refractivity (Wildman–Crippen MR) is 70.7 cm³/mol. The molecule has 0 saturated heterocycles. The maximum Gasteiger partial charge on any atom is 0.193 e. The van der Waals surface area contributed by atoms with Crippen LogP contribution in [0.2, 0.25) is 0 Å². The van der Waals surface area contributed by atoms with E-state index in [4.69, 9.17) is 0 Å². The average Bonchev–Trinajstić information content (AvgIpc) is 3.32. The van der Waals surface area contributed by atoms with Gasteiger partial charge in [-0.15, -0.1) is 0 Å². The Labute approximate surface area is 111 Å². The van der Waals surface area contributed by atoms with Crippen molar-refractivity contribution in [3.63, 3.8) is 0 Å². The van der Waals surface area contributed by atoms with Crippen molar-refractivity contribution in [2.75, 3.05) is 12.4 Å². The molecule has 0 atom stereocenters. The van der Waals surface area contributed by atoms with Gasteiger partial charge in [-0.1, -0.05) is 0 Å². The fourth-order valence-electron chi connectivity index (χ4n) is 3.08. The van der Waals surface area contributed by atoms with E-state index in [0.29, 0.717) is 11.6 Å². The molecule has 0 bridgehead atoms. The van der Waals surface area contributed by atoms with E-state index in [9.17, 15) is 4.39 Å². The smallest absolute Gasteiger partial charge is 0.193 e. The van der Waals surface area contributed by atoms with E-state index in [2.05, 4.69) is 15.4 Å². The van der Waals surface area contributed by atoms with Crippen LogP contribution in [0.15, 0.2) is 12.3 Å². The summed E-state index contributed by atoms with van der Waals surface area (Å²) in [5.41, 5.74) is 1.38. The summed E-state index contributed by atoms with van der Waals surface area (Å²) in [6.07, 6.45) is 6.42. The SMILES string of the molecule is CNc1cc(C(C2CC2)C2CC2)nc2c(F)cnn12. The number of fused-ring (bicyclic) bond motifs is 1. The molecule has 0 radical (unpaired) electrons. The van der Waals surface area contributed by atoms with E-state index >= 15 is 0 Å². The quantitative estimate of drug-likeness (QED) is 0.919. The monoisotopic (exact) mass is 260 g/mol. The largest absolute Gasteiger partial charge is 0.373 e. The minimum atomic E-state index is -0.344. The van der Waals surface area contributed by atoms with Crippen LogP contribution in [0.5, 0.6) is 0 Å². The molecular formula is C14H17FN4. The van der Waals surface area contributed by atoms with Crippen LogP contribution in [0, 0.1) is 17.7 Å².